The lowest BCUT2D eigenvalue weighted by molar-refractivity contribution is -0.137. The lowest BCUT2D eigenvalue weighted by Gasteiger charge is -2.14. The number of phenols is 1. The van der Waals surface area contributed by atoms with Crippen molar-refractivity contribution in [3.8, 4) is 16.9 Å². The summed E-state index contributed by atoms with van der Waals surface area (Å²) in [5, 5.41) is 18.5. The minimum Gasteiger partial charge on any atom is -0.507 e. The lowest BCUT2D eigenvalue weighted by atomic mass is 9.97. The molecule has 6 heteroatoms. The van der Waals surface area contributed by atoms with Crippen molar-refractivity contribution < 1.29 is 28.2 Å². The highest BCUT2D eigenvalue weighted by molar-refractivity contribution is 5.90. The van der Waals surface area contributed by atoms with Gasteiger partial charge in [0.15, 0.2) is 0 Å². The Kier molecular flexibility index (Phi) is 3.40. The summed E-state index contributed by atoms with van der Waals surface area (Å²) in [5.74, 6) is -1.78. The van der Waals surface area contributed by atoms with Crippen LogP contribution >= 0.6 is 0 Å². The molecule has 0 atom stereocenters. The van der Waals surface area contributed by atoms with Gasteiger partial charge in [-0.15, -0.1) is 0 Å². The van der Waals surface area contributed by atoms with E-state index in [1.54, 1.807) is 0 Å². The SMILES string of the molecule is O=C(O)c1ccc(-c2ccccc2C(F)(F)F)c(O)c1. The number of halogens is 3. The zero-order valence-electron chi connectivity index (χ0n) is 9.98. The first-order valence-electron chi connectivity index (χ1n) is 5.53. The van der Waals surface area contributed by atoms with Gasteiger partial charge < -0.3 is 10.2 Å². The van der Waals surface area contributed by atoms with Crippen LogP contribution in [-0.2, 0) is 6.18 Å². The maximum atomic E-state index is 12.9. The van der Waals surface area contributed by atoms with Crippen LogP contribution < -0.4 is 0 Å². The molecule has 0 bridgehead atoms. The maximum Gasteiger partial charge on any atom is 0.417 e. The summed E-state index contributed by atoms with van der Waals surface area (Å²) in [5.41, 5.74) is -1.36. The first-order valence-corrected chi connectivity index (χ1v) is 5.53. The Morgan fingerprint density at radius 3 is 2.20 bits per heavy atom. The predicted octanol–water partition coefficient (Wildman–Crippen LogP) is 3.78. The number of hydrogen-bond acceptors (Lipinski definition) is 2. The number of aromatic hydroxyl groups is 1. The molecule has 0 fully saturated rings. The predicted molar refractivity (Wildman–Crippen MR) is 65.5 cm³/mol. The molecule has 0 aliphatic carbocycles. The van der Waals surface area contributed by atoms with Crippen molar-refractivity contribution in [3.63, 3.8) is 0 Å². The fourth-order valence-electron chi connectivity index (χ4n) is 1.86. The zero-order chi connectivity index (χ0) is 14.9. The van der Waals surface area contributed by atoms with Crippen LogP contribution in [0.15, 0.2) is 42.5 Å². The van der Waals surface area contributed by atoms with E-state index in [-0.39, 0.29) is 16.7 Å². The van der Waals surface area contributed by atoms with Crippen LogP contribution in [0.1, 0.15) is 15.9 Å². The fourth-order valence-corrected chi connectivity index (χ4v) is 1.86. The van der Waals surface area contributed by atoms with Gasteiger partial charge in [0, 0.05) is 5.56 Å². The number of rotatable bonds is 2. The highest BCUT2D eigenvalue weighted by atomic mass is 19.4. The minimum absolute atomic E-state index is 0.0667. The van der Waals surface area contributed by atoms with Gasteiger partial charge in [-0.25, -0.2) is 4.79 Å². The Labute approximate surface area is 111 Å². The number of carbonyl (C=O) groups is 1. The lowest BCUT2D eigenvalue weighted by Crippen LogP contribution is -2.07. The second-order valence-corrected chi connectivity index (χ2v) is 4.08. The van der Waals surface area contributed by atoms with Crippen LogP contribution in [0.3, 0.4) is 0 Å². The normalized spacial score (nSPS) is 11.3. The molecule has 2 aromatic rings. The third kappa shape index (κ3) is 2.59. The van der Waals surface area contributed by atoms with Crippen molar-refractivity contribution in [1.82, 2.24) is 0 Å². The van der Waals surface area contributed by atoms with E-state index < -0.39 is 23.5 Å². The average Bonchev–Trinajstić information content (AvgIpc) is 2.37. The molecule has 0 aliphatic rings. The number of carboxylic acid groups (broad SMARTS) is 1. The molecule has 2 N–H and O–H groups in total. The molecule has 3 nitrogen and oxygen atoms in total. The molecule has 2 rings (SSSR count). The zero-order valence-corrected chi connectivity index (χ0v) is 9.98. The monoisotopic (exact) mass is 282 g/mol. The highest BCUT2D eigenvalue weighted by Gasteiger charge is 2.33. The van der Waals surface area contributed by atoms with Crippen LogP contribution in [0, 0.1) is 0 Å². The second-order valence-electron chi connectivity index (χ2n) is 4.08. The highest BCUT2D eigenvalue weighted by Crippen LogP contribution is 2.40. The molecule has 0 amide bonds. The van der Waals surface area contributed by atoms with Gasteiger partial charge in [-0.05, 0) is 29.8 Å². The van der Waals surface area contributed by atoms with E-state index >= 15 is 0 Å². The van der Waals surface area contributed by atoms with Crippen LogP contribution in [0.5, 0.6) is 5.75 Å². The van der Waals surface area contributed by atoms with Crippen molar-refractivity contribution >= 4 is 5.97 Å². The average molecular weight is 282 g/mol. The van der Waals surface area contributed by atoms with E-state index in [1.807, 2.05) is 0 Å². The standard InChI is InChI=1S/C14H9F3O3/c15-14(16,17)11-4-2-1-3-9(11)10-6-5-8(13(19)20)7-12(10)18/h1-7,18H,(H,19,20). The van der Waals surface area contributed by atoms with Gasteiger partial charge in [-0.3, -0.25) is 0 Å². The van der Waals surface area contributed by atoms with E-state index in [4.69, 9.17) is 5.11 Å². The smallest absolute Gasteiger partial charge is 0.417 e. The molecule has 0 radical (unpaired) electrons. The minimum atomic E-state index is -4.56. The van der Waals surface area contributed by atoms with Gasteiger partial charge in [0.05, 0.1) is 11.1 Å². The summed E-state index contributed by atoms with van der Waals surface area (Å²) in [4.78, 5) is 10.7. The van der Waals surface area contributed by atoms with Gasteiger partial charge in [0.1, 0.15) is 5.75 Å². The van der Waals surface area contributed by atoms with Crippen LogP contribution in [0.2, 0.25) is 0 Å². The molecule has 2 aromatic carbocycles. The fraction of sp³-hybridized carbons (Fsp3) is 0.0714. The first kappa shape index (κ1) is 13.9. The van der Waals surface area contributed by atoms with E-state index in [0.29, 0.717) is 0 Å². The number of carboxylic acids is 1. The molecule has 0 spiro atoms. The van der Waals surface area contributed by atoms with Gasteiger partial charge in [0.2, 0.25) is 0 Å². The van der Waals surface area contributed by atoms with Gasteiger partial charge in [-0.2, -0.15) is 13.2 Å². The summed E-state index contributed by atoms with van der Waals surface area (Å²) in [6.07, 6.45) is -4.56. The molecule has 0 saturated heterocycles. The summed E-state index contributed by atoms with van der Waals surface area (Å²) >= 11 is 0. The second kappa shape index (κ2) is 4.88. The van der Waals surface area contributed by atoms with Gasteiger partial charge >= 0.3 is 12.1 Å². The van der Waals surface area contributed by atoms with Crippen molar-refractivity contribution in [2.24, 2.45) is 0 Å². The molecule has 20 heavy (non-hydrogen) atoms. The molecule has 0 aliphatic heterocycles. The number of hydrogen-bond donors (Lipinski definition) is 2. The summed E-state index contributed by atoms with van der Waals surface area (Å²) in [7, 11) is 0. The molecular weight excluding hydrogens is 273 g/mol. The van der Waals surface area contributed by atoms with Gasteiger partial charge in [-0.1, -0.05) is 18.2 Å². The summed E-state index contributed by atoms with van der Waals surface area (Å²) in [6, 6.07) is 8.00. The van der Waals surface area contributed by atoms with Crippen molar-refractivity contribution in [2.45, 2.75) is 6.18 Å². The van der Waals surface area contributed by atoms with E-state index in [0.717, 1.165) is 24.3 Å². The van der Waals surface area contributed by atoms with Crippen molar-refractivity contribution in [3.05, 3.63) is 53.6 Å². The molecule has 0 unspecified atom stereocenters. The molecule has 0 saturated carbocycles. The third-order valence-electron chi connectivity index (χ3n) is 2.77. The van der Waals surface area contributed by atoms with Crippen molar-refractivity contribution in [1.29, 1.82) is 0 Å². The maximum absolute atomic E-state index is 12.9. The summed E-state index contributed by atoms with van der Waals surface area (Å²) in [6.45, 7) is 0. The summed E-state index contributed by atoms with van der Waals surface area (Å²) < 4.78 is 38.7. The molecule has 0 heterocycles. The van der Waals surface area contributed by atoms with Crippen LogP contribution in [0.25, 0.3) is 11.1 Å². The van der Waals surface area contributed by atoms with E-state index in [9.17, 15) is 23.1 Å². The molecule has 0 aromatic heterocycles. The van der Waals surface area contributed by atoms with Crippen LogP contribution in [-0.4, -0.2) is 16.2 Å². The number of benzene rings is 2. The molecular formula is C14H9F3O3. The van der Waals surface area contributed by atoms with E-state index in [2.05, 4.69) is 0 Å². The van der Waals surface area contributed by atoms with Crippen LogP contribution in [0.4, 0.5) is 13.2 Å². The Morgan fingerprint density at radius 2 is 1.65 bits per heavy atom. The van der Waals surface area contributed by atoms with E-state index in [1.165, 1.54) is 18.2 Å². The Morgan fingerprint density at radius 1 is 1.00 bits per heavy atom. The quantitative estimate of drug-likeness (QED) is 0.881. The van der Waals surface area contributed by atoms with Gasteiger partial charge in [0.25, 0.3) is 0 Å². The Balaban J connectivity index is 2.61. The number of alkyl halides is 3. The number of aromatic carboxylic acids is 1. The Bertz CT molecular complexity index is 663. The van der Waals surface area contributed by atoms with Crippen molar-refractivity contribution in [2.75, 3.05) is 0 Å². The first-order chi connectivity index (χ1) is 9.30. The third-order valence-corrected chi connectivity index (χ3v) is 2.77. The Hall–Kier alpha value is -2.50. The number of phenolic OH excluding ortho intramolecular Hbond substituents is 1. The largest absolute Gasteiger partial charge is 0.507 e. The molecule has 104 valence electrons. The topological polar surface area (TPSA) is 57.5 Å².